The monoisotopic (exact) mass is 754 g/mol. The van der Waals surface area contributed by atoms with Crippen LogP contribution in [0.3, 0.4) is 0 Å². The molecule has 3 heterocycles. The largest absolute Gasteiger partial charge is 0.481 e. The molecule has 0 radical (unpaired) electrons. The normalized spacial score (nSPS) is 28.5. The Morgan fingerprint density at radius 3 is 2.40 bits per heavy atom. The van der Waals surface area contributed by atoms with Gasteiger partial charge in [-0.25, -0.2) is 4.39 Å². The maximum atomic E-state index is 16.2. The van der Waals surface area contributed by atoms with E-state index in [1.165, 1.54) is 6.07 Å². The van der Waals surface area contributed by atoms with E-state index in [1.807, 2.05) is 11.0 Å². The Labute approximate surface area is 314 Å². The lowest BCUT2D eigenvalue weighted by molar-refractivity contribution is -0.139. The molecule has 2 saturated carbocycles. The molecule has 12 heteroatoms. The van der Waals surface area contributed by atoms with Crippen molar-refractivity contribution in [2.75, 3.05) is 18.4 Å². The second-order valence-corrected chi connectivity index (χ2v) is 16.6. The number of halogens is 3. The van der Waals surface area contributed by atoms with E-state index in [4.69, 9.17) is 28.3 Å². The third-order valence-electron chi connectivity index (χ3n) is 12.9. The van der Waals surface area contributed by atoms with E-state index >= 15 is 4.39 Å². The quantitative estimate of drug-likeness (QED) is 0.199. The Morgan fingerprint density at radius 2 is 1.69 bits per heavy atom. The highest BCUT2D eigenvalue weighted by molar-refractivity contribution is 6.31. The number of nitrogens with one attached hydrogen (secondary N) is 3. The minimum atomic E-state index is -1.28. The second-order valence-electron chi connectivity index (χ2n) is 15.8. The number of anilines is 1. The van der Waals surface area contributed by atoms with Crippen LogP contribution in [0.2, 0.25) is 10.0 Å². The van der Waals surface area contributed by atoms with Crippen LogP contribution in [0, 0.1) is 17.7 Å². The van der Waals surface area contributed by atoms with Gasteiger partial charge in [0.2, 0.25) is 17.7 Å². The van der Waals surface area contributed by atoms with Crippen LogP contribution in [0.1, 0.15) is 113 Å². The molecule has 52 heavy (non-hydrogen) atoms. The summed E-state index contributed by atoms with van der Waals surface area (Å²) in [6, 6.07) is 9.08. The molecule has 0 bridgehead atoms. The van der Waals surface area contributed by atoms with Crippen molar-refractivity contribution in [2.24, 2.45) is 11.8 Å². The molecule has 4 fully saturated rings. The van der Waals surface area contributed by atoms with Crippen LogP contribution in [-0.2, 0) is 24.6 Å². The fourth-order valence-electron chi connectivity index (χ4n) is 10.4. The summed E-state index contributed by atoms with van der Waals surface area (Å²) in [6.45, 7) is 1.47. The van der Waals surface area contributed by atoms with Crippen molar-refractivity contribution in [2.45, 2.75) is 125 Å². The lowest BCUT2D eigenvalue weighted by Crippen LogP contribution is -2.60. The van der Waals surface area contributed by atoms with Gasteiger partial charge in [0.15, 0.2) is 0 Å². The summed E-state index contributed by atoms with van der Waals surface area (Å²) >= 11 is 12.8. The molecule has 3 atom stereocenters. The predicted octanol–water partition coefficient (Wildman–Crippen LogP) is 7.34. The summed E-state index contributed by atoms with van der Waals surface area (Å²) in [6.07, 6.45) is 11.4. The lowest BCUT2D eigenvalue weighted by Gasteiger charge is -2.47. The fourth-order valence-corrected chi connectivity index (χ4v) is 10.8. The number of carboxylic acid groups (broad SMARTS) is 1. The first-order valence-electron chi connectivity index (χ1n) is 19.2. The van der Waals surface area contributed by atoms with Crippen LogP contribution < -0.4 is 16.0 Å². The number of nitrogens with zero attached hydrogens (tertiary/aromatic N) is 1. The third-order valence-corrected chi connectivity index (χ3v) is 13.4. The molecule has 3 aliphatic heterocycles. The number of carbonyl (C=O) groups excluding carboxylic acids is 3. The van der Waals surface area contributed by atoms with E-state index < -0.39 is 34.7 Å². The maximum Gasteiger partial charge on any atom is 0.303 e. The molecule has 5 aliphatic rings. The van der Waals surface area contributed by atoms with Crippen molar-refractivity contribution in [1.82, 2.24) is 15.5 Å². The molecule has 0 aromatic heterocycles. The number of hydrogen-bond donors (Lipinski definition) is 4. The van der Waals surface area contributed by atoms with Gasteiger partial charge in [0.25, 0.3) is 0 Å². The average molecular weight is 756 g/mol. The van der Waals surface area contributed by atoms with Gasteiger partial charge in [-0.1, -0.05) is 73.5 Å². The first-order chi connectivity index (χ1) is 25.0. The number of unbranched alkanes of at least 4 members (excludes halogenated alkanes) is 1. The molecule has 7 rings (SSSR count). The van der Waals surface area contributed by atoms with Crippen molar-refractivity contribution in [3.63, 3.8) is 0 Å². The summed E-state index contributed by atoms with van der Waals surface area (Å²) in [5.41, 5.74) is -0.542. The first kappa shape index (κ1) is 37.1. The lowest BCUT2D eigenvalue weighted by atomic mass is 9.55. The number of amides is 3. The molecule has 9 nitrogen and oxygen atoms in total. The highest BCUT2D eigenvalue weighted by atomic mass is 35.5. The fraction of sp³-hybridized carbons (Fsp3) is 0.600. The van der Waals surface area contributed by atoms with Crippen molar-refractivity contribution < 1.29 is 28.7 Å². The zero-order valence-corrected chi connectivity index (χ0v) is 31.0. The van der Waals surface area contributed by atoms with Gasteiger partial charge in [0.1, 0.15) is 11.2 Å². The number of fused-ring (bicyclic) bond motifs is 3. The molecule has 280 valence electrons. The molecule has 2 aromatic rings. The molecule has 2 spiro atoms. The average Bonchev–Trinajstić information content (AvgIpc) is 3.59. The van der Waals surface area contributed by atoms with Crippen molar-refractivity contribution in [3.05, 3.63) is 63.4 Å². The van der Waals surface area contributed by atoms with Gasteiger partial charge >= 0.3 is 5.97 Å². The van der Waals surface area contributed by atoms with E-state index in [9.17, 15) is 19.2 Å². The van der Waals surface area contributed by atoms with Crippen molar-refractivity contribution in [3.8, 4) is 0 Å². The predicted molar refractivity (Wildman–Crippen MR) is 198 cm³/mol. The minimum Gasteiger partial charge on any atom is -0.481 e. The molecular formula is C40H49Cl2FN4O5. The molecule has 3 amide bonds. The second kappa shape index (κ2) is 15.3. The first-order valence-corrected chi connectivity index (χ1v) is 19.9. The van der Waals surface area contributed by atoms with Gasteiger partial charge in [0.05, 0.1) is 11.1 Å². The SMILES string of the molecule is O=C(O)CCCCC1CCN(C(=O)C2CCC(NC(=O)[C@@H]3NC4(CCCCC4)[C@@]4(C(=O)Nc5cc(Cl)ccc54)[C@H]3c3cccc(Cl)c3F)CC2)CC1. The summed E-state index contributed by atoms with van der Waals surface area (Å²) < 4.78 is 16.2. The van der Waals surface area contributed by atoms with Gasteiger partial charge in [0, 0.05) is 53.6 Å². The number of aliphatic carboxylic acids is 1. The highest BCUT2D eigenvalue weighted by Gasteiger charge is 2.72. The molecule has 2 aliphatic carbocycles. The molecule has 2 saturated heterocycles. The van der Waals surface area contributed by atoms with Crippen LogP contribution in [0.25, 0.3) is 0 Å². The number of likely N-dealkylation sites (tertiary alicyclic amines) is 1. The van der Waals surface area contributed by atoms with Gasteiger partial charge in [-0.15, -0.1) is 0 Å². The van der Waals surface area contributed by atoms with Crippen molar-refractivity contribution in [1.29, 1.82) is 0 Å². The molecule has 0 unspecified atom stereocenters. The number of carbonyl (C=O) groups is 4. The molecule has 4 N–H and O–H groups in total. The van der Waals surface area contributed by atoms with Crippen LogP contribution >= 0.6 is 23.2 Å². The van der Waals surface area contributed by atoms with E-state index in [-0.39, 0.29) is 46.7 Å². The minimum absolute atomic E-state index is 0.0610. The number of piperidine rings is 1. The summed E-state index contributed by atoms with van der Waals surface area (Å²) in [5.74, 6) is -2.17. The zero-order chi connectivity index (χ0) is 36.6. The highest BCUT2D eigenvalue weighted by Crippen LogP contribution is 2.62. The standard InChI is InChI=1S/C40H49Cl2FN4O5/c41-26-13-16-29-31(23-26)45-38(52)40(29)33(28-8-6-9-30(42)34(28)43)35(46-39(40)19-4-1-5-20-39)36(50)44-27-14-11-25(12-15-27)37(51)47-21-17-24(18-22-47)7-2-3-10-32(48)49/h6,8-9,13,16,23-25,27,33,35,46H,1-5,7,10-12,14-15,17-22H2,(H,44,50)(H,45,52)(H,48,49)/t25?,27?,33-,35+,40+/m0/s1. The van der Waals surface area contributed by atoms with Crippen molar-refractivity contribution >= 4 is 52.6 Å². The molecular weight excluding hydrogens is 706 g/mol. The Bertz CT molecular complexity index is 1700. The Balaban J connectivity index is 1.07. The smallest absolute Gasteiger partial charge is 0.303 e. The summed E-state index contributed by atoms with van der Waals surface area (Å²) in [5, 5.41) is 19.3. The Kier molecular flexibility index (Phi) is 10.9. The van der Waals surface area contributed by atoms with E-state index in [1.54, 1.807) is 24.3 Å². The maximum absolute atomic E-state index is 16.2. The van der Waals surface area contributed by atoms with Crippen LogP contribution in [-0.4, -0.2) is 64.4 Å². The number of rotatable bonds is 9. The van der Waals surface area contributed by atoms with E-state index in [0.717, 1.165) is 63.6 Å². The summed E-state index contributed by atoms with van der Waals surface area (Å²) in [4.78, 5) is 55.5. The Morgan fingerprint density at radius 1 is 0.962 bits per heavy atom. The van der Waals surface area contributed by atoms with Gasteiger partial charge in [-0.3, -0.25) is 24.5 Å². The van der Waals surface area contributed by atoms with Crippen LogP contribution in [0.15, 0.2) is 36.4 Å². The number of hydrogen-bond acceptors (Lipinski definition) is 5. The van der Waals surface area contributed by atoms with E-state index in [0.29, 0.717) is 61.6 Å². The number of benzene rings is 2. The van der Waals surface area contributed by atoms with Crippen LogP contribution in [0.4, 0.5) is 10.1 Å². The summed E-state index contributed by atoms with van der Waals surface area (Å²) in [7, 11) is 0. The van der Waals surface area contributed by atoms with Gasteiger partial charge < -0.3 is 20.6 Å². The third kappa shape index (κ3) is 6.72. The molecule has 2 aromatic carbocycles. The Hall–Kier alpha value is -3.21. The van der Waals surface area contributed by atoms with Gasteiger partial charge in [-0.05, 0) is 93.0 Å². The van der Waals surface area contributed by atoms with E-state index in [2.05, 4.69) is 16.0 Å². The number of carboxylic acids is 1. The topological polar surface area (TPSA) is 128 Å². The van der Waals surface area contributed by atoms with Gasteiger partial charge in [-0.2, -0.15) is 0 Å². The zero-order valence-electron chi connectivity index (χ0n) is 29.5. The van der Waals surface area contributed by atoms with Crippen LogP contribution in [0.5, 0.6) is 0 Å².